The lowest BCUT2D eigenvalue weighted by Crippen LogP contribution is -2.37. The van der Waals surface area contributed by atoms with Crippen molar-refractivity contribution in [3.63, 3.8) is 0 Å². The zero-order valence-electron chi connectivity index (χ0n) is 15.8. The number of benzene rings is 2. The monoisotopic (exact) mass is 397 g/mol. The quantitative estimate of drug-likeness (QED) is 0.721. The van der Waals surface area contributed by atoms with E-state index in [0.717, 1.165) is 37.9 Å². The van der Waals surface area contributed by atoms with Crippen molar-refractivity contribution in [2.24, 2.45) is 0 Å². The van der Waals surface area contributed by atoms with Crippen molar-refractivity contribution in [2.75, 3.05) is 20.2 Å². The van der Waals surface area contributed by atoms with E-state index < -0.39 is 0 Å². The molecule has 6 heteroatoms. The smallest absolute Gasteiger partial charge is 0.415 e. The first-order valence-corrected chi connectivity index (χ1v) is 10.5. The van der Waals surface area contributed by atoms with Crippen LogP contribution in [0.25, 0.3) is 0 Å². The summed E-state index contributed by atoms with van der Waals surface area (Å²) in [6.07, 6.45) is 3.19. The van der Waals surface area contributed by atoms with Crippen LogP contribution in [-0.4, -0.2) is 37.0 Å². The van der Waals surface area contributed by atoms with Gasteiger partial charge in [0.05, 0.1) is 17.6 Å². The lowest BCUT2D eigenvalue weighted by atomic mass is 10.0. The summed E-state index contributed by atoms with van der Waals surface area (Å²) in [4.78, 5) is 28.0. The number of thioether (sulfide) groups is 1. The molecule has 28 heavy (non-hydrogen) atoms. The van der Waals surface area contributed by atoms with E-state index in [1.807, 2.05) is 30.3 Å². The third-order valence-electron chi connectivity index (χ3n) is 5.20. The Kier molecular flexibility index (Phi) is 5.57. The zero-order valence-corrected chi connectivity index (χ0v) is 16.7. The summed E-state index contributed by atoms with van der Waals surface area (Å²) < 4.78 is 11.2. The molecule has 4 rings (SSSR count). The first-order valence-electron chi connectivity index (χ1n) is 9.60. The molecule has 0 aromatic heterocycles. The van der Waals surface area contributed by atoms with Crippen LogP contribution in [0.1, 0.15) is 46.9 Å². The summed E-state index contributed by atoms with van der Waals surface area (Å²) in [5.41, 5.74) is 1.60. The molecule has 2 aliphatic rings. The van der Waals surface area contributed by atoms with Crippen LogP contribution in [-0.2, 0) is 0 Å². The lowest BCUT2D eigenvalue weighted by Gasteiger charge is -2.28. The predicted molar refractivity (Wildman–Crippen MR) is 108 cm³/mol. The molecule has 2 aromatic carbocycles. The Bertz CT molecular complexity index is 878. The Morgan fingerprint density at radius 1 is 1.04 bits per heavy atom. The molecule has 0 N–H and O–H groups in total. The summed E-state index contributed by atoms with van der Waals surface area (Å²) in [6.45, 7) is 1.44. The van der Waals surface area contributed by atoms with Gasteiger partial charge in [0.15, 0.2) is 5.78 Å². The van der Waals surface area contributed by atoms with Crippen LogP contribution in [0.4, 0.5) is 4.79 Å². The van der Waals surface area contributed by atoms with E-state index in [1.54, 1.807) is 35.9 Å². The Balaban J connectivity index is 1.66. The van der Waals surface area contributed by atoms with Gasteiger partial charge >= 0.3 is 6.09 Å². The number of carbonyl (C=O) groups excluding carboxylic acids is 2. The van der Waals surface area contributed by atoms with E-state index in [0.29, 0.717) is 28.4 Å². The highest BCUT2D eigenvalue weighted by molar-refractivity contribution is 7.99. The minimum atomic E-state index is -0.345. The van der Waals surface area contributed by atoms with E-state index in [4.69, 9.17) is 9.47 Å². The van der Waals surface area contributed by atoms with Crippen LogP contribution in [0.3, 0.4) is 0 Å². The molecule has 0 bridgehead atoms. The number of Topliss-reactive ketones (excluding diaryl/α,β-unsaturated/α-hetero) is 1. The van der Waals surface area contributed by atoms with E-state index in [2.05, 4.69) is 0 Å². The molecule has 1 saturated heterocycles. The van der Waals surface area contributed by atoms with Gasteiger partial charge in [-0.05, 0) is 37.0 Å². The Labute approximate surface area is 169 Å². The maximum atomic E-state index is 12.9. The molecule has 0 spiro atoms. The van der Waals surface area contributed by atoms with Crippen molar-refractivity contribution in [1.82, 2.24) is 4.90 Å². The maximum Gasteiger partial charge on any atom is 0.415 e. The Hall–Kier alpha value is -2.47. The first kappa shape index (κ1) is 18.9. The summed E-state index contributed by atoms with van der Waals surface area (Å²) in [5, 5.41) is -0.0132. The second-order valence-electron chi connectivity index (χ2n) is 7.03. The van der Waals surface area contributed by atoms with Crippen molar-refractivity contribution in [2.45, 2.75) is 35.8 Å². The molecule has 1 fully saturated rings. The molecule has 2 aromatic rings. The van der Waals surface area contributed by atoms with Crippen LogP contribution in [0, 0.1) is 0 Å². The van der Waals surface area contributed by atoms with E-state index in [1.165, 1.54) is 0 Å². The normalized spacial score (nSPS) is 19.1. The SMILES string of the molecule is COc1ccc(OC(=O)N2CCCCC2)c2c1C(=O)CC(c1ccccc1)S2. The van der Waals surface area contributed by atoms with Gasteiger partial charge in [0.1, 0.15) is 11.5 Å². The number of hydrogen-bond acceptors (Lipinski definition) is 5. The van der Waals surface area contributed by atoms with Gasteiger partial charge in [-0.2, -0.15) is 0 Å². The maximum absolute atomic E-state index is 12.9. The van der Waals surface area contributed by atoms with Crippen LogP contribution < -0.4 is 9.47 Å². The second kappa shape index (κ2) is 8.27. The number of hydrogen-bond donors (Lipinski definition) is 0. The molecule has 2 aliphatic heterocycles. The highest BCUT2D eigenvalue weighted by atomic mass is 32.2. The number of likely N-dealkylation sites (tertiary alicyclic amines) is 1. The van der Waals surface area contributed by atoms with Crippen LogP contribution in [0.5, 0.6) is 11.5 Å². The second-order valence-corrected chi connectivity index (χ2v) is 8.24. The minimum Gasteiger partial charge on any atom is -0.496 e. The number of piperidine rings is 1. The molecular weight excluding hydrogens is 374 g/mol. The Morgan fingerprint density at radius 2 is 1.75 bits per heavy atom. The number of fused-ring (bicyclic) bond motifs is 1. The fourth-order valence-corrected chi connectivity index (χ4v) is 5.09. The van der Waals surface area contributed by atoms with E-state index in [9.17, 15) is 9.59 Å². The molecule has 2 heterocycles. The zero-order chi connectivity index (χ0) is 19.5. The number of rotatable bonds is 3. The third-order valence-corrected chi connectivity index (χ3v) is 6.56. The molecule has 1 unspecified atom stereocenters. The summed E-state index contributed by atoms with van der Waals surface area (Å²) in [5.74, 6) is 0.970. The van der Waals surface area contributed by atoms with Gasteiger partial charge in [0, 0.05) is 24.8 Å². The first-order chi connectivity index (χ1) is 13.7. The molecule has 0 aliphatic carbocycles. The van der Waals surface area contributed by atoms with Gasteiger partial charge in [-0.1, -0.05) is 30.3 Å². The van der Waals surface area contributed by atoms with Crippen molar-refractivity contribution >= 4 is 23.6 Å². The summed E-state index contributed by atoms with van der Waals surface area (Å²) in [6, 6.07) is 13.4. The highest BCUT2D eigenvalue weighted by Crippen LogP contribution is 2.51. The number of amides is 1. The fraction of sp³-hybridized carbons (Fsp3) is 0.364. The standard InChI is InChI=1S/C22H23NO4S/c1-26-17-10-11-18(27-22(25)23-12-6-3-7-13-23)21-20(17)16(24)14-19(28-21)15-8-4-2-5-9-15/h2,4-5,8-11,19H,3,6-7,12-14H2,1H3. The van der Waals surface area contributed by atoms with Gasteiger partial charge in [0.25, 0.3) is 0 Å². The highest BCUT2D eigenvalue weighted by Gasteiger charge is 2.33. The summed E-state index contributed by atoms with van der Waals surface area (Å²) >= 11 is 1.56. The summed E-state index contributed by atoms with van der Waals surface area (Å²) in [7, 11) is 1.55. The number of carbonyl (C=O) groups is 2. The fourth-order valence-electron chi connectivity index (χ4n) is 3.72. The van der Waals surface area contributed by atoms with Crippen molar-refractivity contribution in [3.05, 3.63) is 53.6 Å². The van der Waals surface area contributed by atoms with Gasteiger partial charge in [0.2, 0.25) is 0 Å². The van der Waals surface area contributed by atoms with Crippen molar-refractivity contribution in [1.29, 1.82) is 0 Å². The minimum absolute atomic E-state index is 0.00956. The molecular formula is C22H23NO4S. The molecule has 5 nitrogen and oxygen atoms in total. The van der Waals surface area contributed by atoms with Gasteiger partial charge in [-0.3, -0.25) is 4.79 Å². The van der Waals surface area contributed by atoms with Gasteiger partial charge in [-0.25, -0.2) is 4.79 Å². The molecule has 1 amide bonds. The number of methoxy groups -OCH3 is 1. The van der Waals surface area contributed by atoms with Gasteiger partial charge < -0.3 is 14.4 Å². The van der Waals surface area contributed by atoms with Gasteiger partial charge in [-0.15, -0.1) is 11.8 Å². The van der Waals surface area contributed by atoms with Crippen LogP contribution in [0.15, 0.2) is 47.4 Å². The van der Waals surface area contributed by atoms with Crippen molar-refractivity contribution in [3.8, 4) is 11.5 Å². The molecule has 1 atom stereocenters. The molecule has 0 saturated carbocycles. The van der Waals surface area contributed by atoms with Crippen LogP contribution >= 0.6 is 11.8 Å². The number of ether oxygens (including phenoxy) is 2. The third kappa shape index (κ3) is 3.74. The largest absolute Gasteiger partial charge is 0.496 e. The number of nitrogens with zero attached hydrogens (tertiary/aromatic N) is 1. The average Bonchev–Trinajstić information content (AvgIpc) is 2.75. The average molecular weight is 397 g/mol. The van der Waals surface area contributed by atoms with E-state index >= 15 is 0 Å². The van der Waals surface area contributed by atoms with Crippen molar-refractivity contribution < 1.29 is 19.1 Å². The number of ketones is 1. The van der Waals surface area contributed by atoms with E-state index in [-0.39, 0.29) is 17.1 Å². The lowest BCUT2D eigenvalue weighted by molar-refractivity contribution is 0.0971. The molecule has 0 radical (unpaired) electrons. The predicted octanol–water partition coefficient (Wildman–Crippen LogP) is 5.10. The molecule has 146 valence electrons. The topological polar surface area (TPSA) is 55.8 Å². The Morgan fingerprint density at radius 3 is 2.46 bits per heavy atom. The van der Waals surface area contributed by atoms with Crippen LogP contribution in [0.2, 0.25) is 0 Å².